The van der Waals surface area contributed by atoms with Crippen LogP contribution < -0.4 is 11.5 Å². The maximum absolute atomic E-state index is 10.0. The summed E-state index contributed by atoms with van der Waals surface area (Å²) in [5, 5.41) is 21.2. The summed E-state index contributed by atoms with van der Waals surface area (Å²) in [5.41, 5.74) is 13.9. The number of rotatable bonds is 0. The molecule has 92 valence electrons. The minimum absolute atomic E-state index is 0.0515. The standard InChI is InChI=1S/C13H13N3O2/c1-16-8-2-6(14)4-10(17)12(8)13-9(16)3-7(15)5-11(13)18/h2-5,17-18H,14-15H2,1H3. The molecule has 0 bridgehead atoms. The Hall–Kier alpha value is -2.56. The van der Waals surface area contributed by atoms with E-state index >= 15 is 0 Å². The van der Waals surface area contributed by atoms with E-state index in [-0.39, 0.29) is 11.5 Å². The van der Waals surface area contributed by atoms with Crippen LogP contribution in [0.1, 0.15) is 0 Å². The number of benzene rings is 2. The second kappa shape index (κ2) is 3.22. The minimum atomic E-state index is 0.0515. The number of phenols is 2. The highest BCUT2D eigenvalue weighted by Crippen LogP contribution is 2.41. The first-order chi connectivity index (χ1) is 8.49. The van der Waals surface area contributed by atoms with Gasteiger partial charge in [-0.05, 0) is 12.1 Å². The van der Waals surface area contributed by atoms with Gasteiger partial charge in [-0.3, -0.25) is 0 Å². The third kappa shape index (κ3) is 1.21. The molecule has 0 atom stereocenters. The van der Waals surface area contributed by atoms with Crippen molar-refractivity contribution in [2.24, 2.45) is 7.05 Å². The predicted molar refractivity (Wildman–Crippen MR) is 72.6 cm³/mol. The molecule has 0 amide bonds. The highest BCUT2D eigenvalue weighted by molar-refractivity contribution is 6.15. The van der Waals surface area contributed by atoms with Crippen LogP contribution in [0.3, 0.4) is 0 Å². The lowest BCUT2D eigenvalue weighted by atomic mass is 10.1. The van der Waals surface area contributed by atoms with E-state index in [0.717, 1.165) is 11.0 Å². The van der Waals surface area contributed by atoms with Gasteiger partial charge in [-0.25, -0.2) is 0 Å². The van der Waals surface area contributed by atoms with Gasteiger partial charge in [-0.15, -0.1) is 0 Å². The molecule has 0 saturated carbocycles. The molecule has 0 aliphatic heterocycles. The molecule has 0 unspecified atom stereocenters. The molecule has 2 aromatic carbocycles. The highest BCUT2D eigenvalue weighted by atomic mass is 16.3. The zero-order valence-corrected chi connectivity index (χ0v) is 9.81. The van der Waals surface area contributed by atoms with Gasteiger partial charge in [-0.2, -0.15) is 0 Å². The normalized spacial score (nSPS) is 11.4. The van der Waals surface area contributed by atoms with Crippen molar-refractivity contribution in [3.05, 3.63) is 24.3 Å². The van der Waals surface area contributed by atoms with Crippen molar-refractivity contribution in [1.29, 1.82) is 0 Å². The van der Waals surface area contributed by atoms with Gasteiger partial charge in [0.15, 0.2) is 0 Å². The van der Waals surface area contributed by atoms with Gasteiger partial charge >= 0.3 is 0 Å². The predicted octanol–water partition coefficient (Wildman–Crippen LogP) is 1.91. The number of anilines is 2. The van der Waals surface area contributed by atoms with E-state index in [2.05, 4.69) is 0 Å². The van der Waals surface area contributed by atoms with Crippen LogP contribution in [0.5, 0.6) is 11.5 Å². The maximum Gasteiger partial charge on any atom is 0.127 e. The minimum Gasteiger partial charge on any atom is -0.507 e. The van der Waals surface area contributed by atoms with Crippen LogP contribution >= 0.6 is 0 Å². The number of nitrogen functional groups attached to an aromatic ring is 2. The first kappa shape index (κ1) is 10.6. The van der Waals surface area contributed by atoms with Crippen molar-refractivity contribution < 1.29 is 10.2 Å². The van der Waals surface area contributed by atoms with Gasteiger partial charge in [0, 0.05) is 30.6 Å². The molecule has 0 radical (unpaired) electrons. The van der Waals surface area contributed by atoms with Gasteiger partial charge in [-0.1, -0.05) is 0 Å². The summed E-state index contributed by atoms with van der Waals surface area (Å²) >= 11 is 0. The average Bonchev–Trinajstić information content (AvgIpc) is 2.54. The lowest BCUT2D eigenvalue weighted by Crippen LogP contribution is -1.90. The monoisotopic (exact) mass is 243 g/mol. The Labute approximate surface area is 103 Å². The third-order valence-corrected chi connectivity index (χ3v) is 3.21. The molecular formula is C13H13N3O2. The molecule has 0 aliphatic rings. The molecule has 5 nitrogen and oxygen atoms in total. The quantitative estimate of drug-likeness (QED) is 0.453. The van der Waals surface area contributed by atoms with E-state index in [4.69, 9.17) is 11.5 Å². The molecule has 6 N–H and O–H groups in total. The van der Waals surface area contributed by atoms with Crippen molar-refractivity contribution in [2.45, 2.75) is 0 Å². The number of nitrogens with two attached hydrogens (primary N) is 2. The van der Waals surface area contributed by atoms with Crippen molar-refractivity contribution >= 4 is 33.2 Å². The molecule has 5 heteroatoms. The van der Waals surface area contributed by atoms with Gasteiger partial charge in [0.05, 0.1) is 21.8 Å². The fraction of sp³-hybridized carbons (Fsp3) is 0.0769. The summed E-state index contributed by atoms with van der Waals surface area (Å²) in [6.45, 7) is 0. The molecule has 0 saturated heterocycles. The van der Waals surface area contributed by atoms with Gasteiger partial charge in [0.25, 0.3) is 0 Å². The topological polar surface area (TPSA) is 97.4 Å². The van der Waals surface area contributed by atoms with E-state index in [9.17, 15) is 10.2 Å². The number of fused-ring (bicyclic) bond motifs is 3. The summed E-state index contributed by atoms with van der Waals surface area (Å²) < 4.78 is 1.84. The fourth-order valence-electron chi connectivity index (χ4n) is 2.44. The lowest BCUT2D eigenvalue weighted by molar-refractivity contribution is 0.477. The molecule has 3 aromatic rings. The number of phenolic OH excluding ortho intramolecular Hbond substituents is 2. The Morgan fingerprint density at radius 2 is 1.22 bits per heavy atom. The Kier molecular flexibility index (Phi) is 1.90. The van der Waals surface area contributed by atoms with Crippen LogP contribution in [0.25, 0.3) is 21.8 Å². The zero-order chi connectivity index (χ0) is 13.0. The third-order valence-electron chi connectivity index (χ3n) is 3.21. The molecule has 1 heterocycles. The summed E-state index contributed by atoms with van der Waals surface area (Å²) in [6, 6.07) is 6.45. The molecule has 0 spiro atoms. The smallest absolute Gasteiger partial charge is 0.127 e. The maximum atomic E-state index is 10.0. The summed E-state index contributed by atoms with van der Waals surface area (Å²) in [5.74, 6) is 0.103. The molecule has 18 heavy (non-hydrogen) atoms. The molecular weight excluding hydrogens is 230 g/mol. The average molecular weight is 243 g/mol. The van der Waals surface area contributed by atoms with E-state index in [1.165, 1.54) is 12.1 Å². The molecule has 0 fully saturated rings. The molecule has 1 aromatic heterocycles. The first-order valence-corrected chi connectivity index (χ1v) is 5.48. The number of hydrogen-bond acceptors (Lipinski definition) is 4. The molecule has 0 aliphatic carbocycles. The molecule has 3 rings (SSSR count). The van der Waals surface area contributed by atoms with Crippen molar-refractivity contribution in [3.8, 4) is 11.5 Å². The van der Waals surface area contributed by atoms with Crippen molar-refractivity contribution in [2.75, 3.05) is 11.5 Å². The van der Waals surface area contributed by atoms with Crippen LogP contribution in [0, 0.1) is 0 Å². The summed E-state index contributed by atoms with van der Waals surface area (Å²) in [4.78, 5) is 0. The SMILES string of the molecule is Cn1c2cc(N)cc(O)c2c2c(O)cc(N)cc21. The van der Waals surface area contributed by atoms with Crippen LogP contribution in [0.4, 0.5) is 11.4 Å². The van der Waals surface area contributed by atoms with E-state index in [1.54, 1.807) is 12.1 Å². The fourth-order valence-corrected chi connectivity index (χ4v) is 2.44. The Balaban J connectivity index is 2.68. The van der Waals surface area contributed by atoms with E-state index in [1.807, 2.05) is 11.6 Å². The number of aryl methyl sites for hydroxylation is 1. The number of nitrogens with zero attached hydrogens (tertiary/aromatic N) is 1. The van der Waals surface area contributed by atoms with E-state index < -0.39 is 0 Å². The number of aromatic nitrogens is 1. The second-order valence-electron chi connectivity index (χ2n) is 4.43. The van der Waals surface area contributed by atoms with Crippen molar-refractivity contribution in [3.63, 3.8) is 0 Å². The summed E-state index contributed by atoms with van der Waals surface area (Å²) in [6.07, 6.45) is 0. The van der Waals surface area contributed by atoms with Crippen LogP contribution in [-0.4, -0.2) is 14.8 Å². The number of hydrogen-bond donors (Lipinski definition) is 4. The Morgan fingerprint density at radius 1 is 0.833 bits per heavy atom. The van der Waals surface area contributed by atoms with E-state index in [0.29, 0.717) is 22.1 Å². The van der Waals surface area contributed by atoms with Crippen LogP contribution in [0.15, 0.2) is 24.3 Å². The Morgan fingerprint density at radius 3 is 1.61 bits per heavy atom. The number of aromatic hydroxyl groups is 2. The second-order valence-corrected chi connectivity index (χ2v) is 4.43. The van der Waals surface area contributed by atoms with Crippen molar-refractivity contribution in [1.82, 2.24) is 4.57 Å². The summed E-state index contributed by atoms with van der Waals surface area (Å²) in [7, 11) is 1.84. The van der Waals surface area contributed by atoms with Gasteiger partial charge < -0.3 is 26.2 Å². The Bertz CT molecular complexity index is 725. The zero-order valence-electron chi connectivity index (χ0n) is 9.81. The van der Waals surface area contributed by atoms with Crippen LogP contribution in [-0.2, 0) is 7.05 Å². The first-order valence-electron chi connectivity index (χ1n) is 5.48. The largest absolute Gasteiger partial charge is 0.507 e. The van der Waals surface area contributed by atoms with Gasteiger partial charge in [0.1, 0.15) is 11.5 Å². The lowest BCUT2D eigenvalue weighted by Gasteiger charge is -2.00. The highest BCUT2D eigenvalue weighted by Gasteiger charge is 2.16. The van der Waals surface area contributed by atoms with Crippen LogP contribution in [0.2, 0.25) is 0 Å². The van der Waals surface area contributed by atoms with Gasteiger partial charge in [0.2, 0.25) is 0 Å².